The lowest BCUT2D eigenvalue weighted by Crippen LogP contribution is -2.44. The van der Waals surface area contributed by atoms with Crippen molar-refractivity contribution in [2.45, 2.75) is 26.4 Å². The number of amides is 1. The van der Waals surface area contributed by atoms with E-state index >= 15 is 0 Å². The zero-order valence-electron chi connectivity index (χ0n) is 8.97. The van der Waals surface area contributed by atoms with Gasteiger partial charge in [-0.05, 0) is 12.3 Å². The van der Waals surface area contributed by atoms with Crippen LogP contribution in [0.1, 0.15) is 20.3 Å². The average molecular weight is 226 g/mol. The van der Waals surface area contributed by atoms with Crippen LogP contribution in [0.3, 0.4) is 0 Å². The van der Waals surface area contributed by atoms with Gasteiger partial charge in [0.05, 0.1) is 0 Å². The van der Waals surface area contributed by atoms with Crippen LogP contribution >= 0.6 is 0 Å². The van der Waals surface area contributed by atoms with E-state index in [0.717, 1.165) is 4.90 Å². The maximum atomic E-state index is 12.1. The fourth-order valence-electron chi connectivity index (χ4n) is 1.06. The lowest BCUT2D eigenvalue weighted by atomic mass is 10.1. The second kappa shape index (κ2) is 5.95. The van der Waals surface area contributed by atoms with Gasteiger partial charge in [-0.15, -0.1) is 0 Å². The first-order valence-electron chi connectivity index (χ1n) is 4.85. The van der Waals surface area contributed by atoms with E-state index in [9.17, 15) is 18.0 Å². The van der Waals surface area contributed by atoms with Crippen LogP contribution in [0.15, 0.2) is 0 Å². The monoisotopic (exact) mass is 226 g/mol. The topological polar surface area (TPSA) is 46.3 Å². The number of hydrogen-bond acceptors (Lipinski definition) is 2. The van der Waals surface area contributed by atoms with Crippen LogP contribution in [0.25, 0.3) is 0 Å². The number of rotatable bonds is 5. The average Bonchev–Trinajstić information content (AvgIpc) is 2.09. The van der Waals surface area contributed by atoms with Gasteiger partial charge in [0.2, 0.25) is 0 Å². The van der Waals surface area contributed by atoms with E-state index in [1.165, 1.54) is 0 Å². The van der Waals surface area contributed by atoms with E-state index in [0.29, 0.717) is 6.42 Å². The molecule has 0 aromatic carbocycles. The smallest absolute Gasteiger partial charge is 0.334 e. The Bertz CT molecular complexity index is 204. The minimum absolute atomic E-state index is 0.0416. The summed E-state index contributed by atoms with van der Waals surface area (Å²) in [6.07, 6.45) is -4.26. The molecule has 0 aliphatic rings. The van der Waals surface area contributed by atoms with Crippen molar-refractivity contribution in [3.05, 3.63) is 0 Å². The molecule has 1 amide bonds. The van der Waals surface area contributed by atoms with Crippen molar-refractivity contribution in [2.75, 3.05) is 19.6 Å². The van der Waals surface area contributed by atoms with E-state index in [1.807, 2.05) is 13.8 Å². The SMILES string of the molecule is CC(C)CCN(CCN)C(=O)C(F)(F)F. The molecule has 0 aromatic rings. The number of carbonyl (C=O) groups is 1. The van der Waals surface area contributed by atoms with Gasteiger partial charge in [0, 0.05) is 19.6 Å². The number of alkyl halides is 3. The molecule has 6 heteroatoms. The Morgan fingerprint density at radius 3 is 2.20 bits per heavy atom. The molecule has 0 rings (SSSR count). The Morgan fingerprint density at radius 2 is 1.87 bits per heavy atom. The molecular formula is C9H17F3N2O. The Labute approximate surface area is 87.4 Å². The van der Waals surface area contributed by atoms with Gasteiger partial charge in [-0.3, -0.25) is 4.79 Å². The number of nitrogens with two attached hydrogens (primary N) is 1. The number of carbonyl (C=O) groups excluding carboxylic acids is 1. The largest absolute Gasteiger partial charge is 0.471 e. The van der Waals surface area contributed by atoms with Crippen LogP contribution in [0.4, 0.5) is 13.2 Å². The molecular weight excluding hydrogens is 209 g/mol. The summed E-state index contributed by atoms with van der Waals surface area (Å²) in [6, 6.07) is 0. The second-order valence-corrected chi connectivity index (χ2v) is 3.76. The molecule has 0 aliphatic carbocycles. The highest BCUT2D eigenvalue weighted by Gasteiger charge is 2.41. The van der Waals surface area contributed by atoms with Crippen molar-refractivity contribution in [1.82, 2.24) is 4.90 Å². The van der Waals surface area contributed by atoms with Gasteiger partial charge < -0.3 is 10.6 Å². The third kappa shape index (κ3) is 5.61. The summed E-state index contributed by atoms with van der Waals surface area (Å²) in [5, 5.41) is 0. The third-order valence-corrected chi connectivity index (χ3v) is 1.91. The van der Waals surface area contributed by atoms with Crippen molar-refractivity contribution in [1.29, 1.82) is 0 Å². The van der Waals surface area contributed by atoms with Crippen molar-refractivity contribution in [3.63, 3.8) is 0 Å². The predicted molar refractivity (Wildman–Crippen MR) is 51.1 cm³/mol. The molecule has 0 unspecified atom stereocenters. The highest BCUT2D eigenvalue weighted by Crippen LogP contribution is 2.18. The van der Waals surface area contributed by atoms with Crippen LogP contribution in [0.5, 0.6) is 0 Å². The molecule has 0 saturated carbocycles. The van der Waals surface area contributed by atoms with Gasteiger partial charge in [-0.25, -0.2) is 0 Å². The van der Waals surface area contributed by atoms with Crippen LogP contribution in [-0.4, -0.2) is 36.6 Å². The Morgan fingerprint density at radius 1 is 1.33 bits per heavy atom. The molecule has 0 saturated heterocycles. The lowest BCUT2D eigenvalue weighted by Gasteiger charge is -2.23. The molecule has 0 heterocycles. The zero-order chi connectivity index (χ0) is 12.1. The van der Waals surface area contributed by atoms with Crippen molar-refractivity contribution in [3.8, 4) is 0 Å². The maximum Gasteiger partial charge on any atom is 0.471 e. The van der Waals surface area contributed by atoms with Gasteiger partial charge >= 0.3 is 12.1 Å². The van der Waals surface area contributed by atoms with Gasteiger partial charge in [0.25, 0.3) is 0 Å². The lowest BCUT2D eigenvalue weighted by molar-refractivity contribution is -0.185. The molecule has 0 radical (unpaired) electrons. The van der Waals surface area contributed by atoms with Crippen molar-refractivity contribution < 1.29 is 18.0 Å². The summed E-state index contributed by atoms with van der Waals surface area (Å²) in [5.74, 6) is -1.54. The van der Waals surface area contributed by atoms with Gasteiger partial charge in [0.15, 0.2) is 0 Å². The van der Waals surface area contributed by atoms with Gasteiger partial charge in [-0.2, -0.15) is 13.2 Å². The molecule has 90 valence electrons. The fourth-order valence-corrected chi connectivity index (χ4v) is 1.06. The van der Waals surface area contributed by atoms with E-state index in [4.69, 9.17) is 5.73 Å². The number of nitrogens with zero attached hydrogens (tertiary/aromatic N) is 1. The van der Waals surface area contributed by atoms with Crippen LogP contribution in [0.2, 0.25) is 0 Å². The molecule has 0 atom stereocenters. The molecule has 0 fully saturated rings. The summed E-state index contributed by atoms with van der Waals surface area (Å²) >= 11 is 0. The number of hydrogen-bond donors (Lipinski definition) is 1. The maximum absolute atomic E-state index is 12.1. The van der Waals surface area contributed by atoms with E-state index in [1.54, 1.807) is 0 Å². The van der Waals surface area contributed by atoms with E-state index in [2.05, 4.69) is 0 Å². The predicted octanol–water partition coefficient (Wildman–Crippen LogP) is 1.38. The Kier molecular flexibility index (Phi) is 5.64. The standard InChI is InChI=1S/C9H17F3N2O/c1-7(2)3-5-14(6-4-13)8(15)9(10,11)12/h7H,3-6,13H2,1-2H3. The van der Waals surface area contributed by atoms with E-state index in [-0.39, 0.29) is 25.6 Å². The number of halogens is 3. The molecule has 15 heavy (non-hydrogen) atoms. The van der Waals surface area contributed by atoms with Crippen molar-refractivity contribution >= 4 is 5.91 Å². The summed E-state index contributed by atoms with van der Waals surface area (Å²) in [7, 11) is 0. The van der Waals surface area contributed by atoms with Crippen LogP contribution in [-0.2, 0) is 4.79 Å². The van der Waals surface area contributed by atoms with Gasteiger partial charge in [-0.1, -0.05) is 13.8 Å². The van der Waals surface area contributed by atoms with Gasteiger partial charge in [0.1, 0.15) is 0 Å². The molecule has 2 N–H and O–H groups in total. The van der Waals surface area contributed by atoms with Crippen LogP contribution < -0.4 is 5.73 Å². The molecule has 0 aliphatic heterocycles. The molecule has 0 spiro atoms. The normalized spacial score (nSPS) is 11.9. The van der Waals surface area contributed by atoms with E-state index < -0.39 is 12.1 Å². The highest BCUT2D eigenvalue weighted by atomic mass is 19.4. The third-order valence-electron chi connectivity index (χ3n) is 1.91. The van der Waals surface area contributed by atoms with Crippen molar-refractivity contribution in [2.24, 2.45) is 11.7 Å². The first-order chi connectivity index (χ1) is 6.79. The second-order valence-electron chi connectivity index (χ2n) is 3.76. The molecule has 0 aromatic heterocycles. The fraction of sp³-hybridized carbons (Fsp3) is 0.889. The first kappa shape index (κ1) is 14.2. The molecule has 0 bridgehead atoms. The molecule has 3 nitrogen and oxygen atoms in total. The summed E-state index contributed by atoms with van der Waals surface area (Å²) in [6.45, 7) is 3.87. The Hall–Kier alpha value is -0.780. The summed E-state index contributed by atoms with van der Waals surface area (Å²) in [4.78, 5) is 11.7. The minimum atomic E-state index is -4.80. The highest BCUT2D eigenvalue weighted by molar-refractivity contribution is 5.81. The first-order valence-corrected chi connectivity index (χ1v) is 4.85. The summed E-state index contributed by atoms with van der Waals surface area (Å²) < 4.78 is 36.3. The minimum Gasteiger partial charge on any atom is -0.334 e. The summed E-state index contributed by atoms with van der Waals surface area (Å²) in [5.41, 5.74) is 5.16. The Balaban J connectivity index is 4.32. The van der Waals surface area contributed by atoms with Crippen LogP contribution in [0, 0.1) is 5.92 Å². The zero-order valence-corrected chi connectivity index (χ0v) is 8.97. The quantitative estimate of drug-likeness (QED) is 0.769.